The normalized spacial score (nSPS) is 23.5. The van der Waals surface area contributed by atoms with Crippen molar-refractivity contribution in [1.29, 1.82) is 0 Å². The highest BCUT2D eigenvalue weighted by molar-refractivity contribution is 6.05. The molecule has 1 saturated heterocycles. The first kappa shape index (κ1) is 17.4. The minimum atomic E-state index is -0.964. The molecule has 1 aliphatic carbocycles. The van der Waals surface area contributed by atoms with E-state index < -0.39 is 6.10 Å². The van der Waals surface area contributed by atoms with Gasteiger partial charge >= 0.3 is 0 Å². The lowest BCUT2D eigenvalue weighted by molar-refractivity contribution is -0.141. The van der Waals surface area contributed by atoms with Crippen LogP contribution in [0.15, 0.2) is 36.4 Å². The van der Waals surface area contributed by atoms with Crippen LogP contribution in [0.3, 0.4) is 0 Å². The van der Waals surface area contributed by atoms with Crippen LogP contribution in [0, 0.1) is 11.8 Å². The van der Waals surface area contributed by atoms with Crippen LogP contribution in [0.5, 0.6) is 5.75 Å². The molecule has 25 heavy (non-hydrogen) atoms. The fourth-order valence-corrected chi connectivity index (χ4v) is 3.29. The molecule has 3 atom stereocenters. The first-order chi connectivity index (χ1) is 12.0. The molecule has 0 spiro atoms. The number of fused-ring (bicyclic) bond motifs is 1. The van der Waals surface area contributed by atoms with E-state index in [0.717, 1.165) is 4.90 Å². The number of hydrogen-bond acceptors (Lipinski definition) is 5. The van der Waals surface area contributed by atoms with Crippen LogP contribution in [-0.4, -0.2) is 46.9 Å². The molecule has 3 rings (SSSR count). The van der Waals surface area contributed by atoms with Gasteiger partial charge < -0.3 is 9.84 Å². The Balaban J connectivity index is 1.54. The highest BCUT2D eigenvalue weighted by atomic mass is 16.5. The highest BCUT2D eigenvalue weighted by Crippen LogP contribution is 2.35. The predicted octanol–water partition coefficient (Wildman–Crippen LogP) is 1.58. The van der Waals surface area contributed by atoms with Crippen molar-refractivity contribution >= 4 is 17.6 Å². The minimum absolute atomic E-state index is 0.0337. The number of ketones is 1. The summed E-state index contributed by atoms with van der Waals surface area (Å²) < 4.78 is 5.48. The molecule has 0 radical (unpaired) electrons. The molecule has 6 nitrogen and oxygen atoms in total. The van der Waals surface area contributed by atoms with E-state index >= 15 is 0 Å². The van der Waals surface area contributed by atoms with Crippen molar-refractivity contribution in [3.8, 4) is 5.75 Å². The molecule has 1 aromatic rings. The predicted molar refractivity (Wildman–Crippen MR) is 90.0 cm³/mol. The summed E-state index contributed by atoms with van der Waals surface area (Å²) in [4.78, 5) is 37.1. The molecule has 1 fully saturated rings. The maximum absolute atomic E-state index is 12.3. The van der Waals surface area contributed by atoms with E-state index in [1.807, 2.05) is 12.2 Å². The van der Waals surface area contributed by atoms with Gasteiger partial charge in [0, 0.05) is 5.56 Å². The van der Waals surface area contributed by atoms with Crippen LogP contribution in [0.25, 0.3) is 0 Å². The Labute approximate surface area is 146 Å². The summed E-state index contributed by atoms with van der Waals surface area (Å²) in [5, 5.41) is 10.1. The highest BCUT2D eigenvalue weighted by Gasteiger charge is 2.47. The van der Waals surface area contributed by atoms with Gasteiger partial charge in [-0.25, -0.2) is 0 Å². The van der Waals surface area contributed by atoms with Gasteiger partial charge in [-0.3, -0.25) is 19.3 Å². The maximum Gasteiger partial charge on any atom is 0.233 e. The Hall–Kier alpha value is -2.47. The van der Waals surface area contributed by atoms with E-state index in [-0.39, 0.29) is 42.6 Å². The molecule has 1 aromatic carbocycles. The average molecular weight is 343 g/mol. The summed E-state index contributed by atoms with van der Waals surface area (Å²) >= 11 is 0. The number of likely N-dealkylation sites (tertiary alicyclic amines) is 1. The molecule has 3 unspecified atom stereocenters. The summed E-state index contributed by atoms with van der Waals surface area (Å²) in [7, 11) is 0. The van der Waals surface area contributed by atoms with Crippen molar-refractivity contribution in [2.75, 3.05) is 13.2 Å². The fourth-order valence-electron chi connectivity index (χ4n) is 3.29. The number of amides is 2. The lowest BCUT2D eigenvalue weighted by atomic mass is 9.85. The second-order valence-corrected chi connectivity index (χ2v) is 6.49. The van der Waals surface area contributed by atoms with Gasteiger partial charge in [-0.15, -0.1) is 0 Å². The first-order valence-corrected chi connectivity index (χ1v) is 8.39. The zero-order valence-corrected chi connectivity index (χ0v) is 14.1. The molecular weight excluding hydrogens is 322 g/mol. The number of nitrogens with zero attached hydrogens (tertiary/aromatic N) is 1. The van der Waals surface area contributed by atoms with Crippen molar-refractivity contribution < 1.29 is 24.2 Å². The number of Topliss-reactive ketones (excluding diaryl/α,β-unsaturated/α-hetero) is 1. The third kappa shape index (κ3) is 3.64. The van der Waals surface area contributed by atoms with Crippen LogP contribution in [-0.2, 0) is 9.59 Å². The fraction of sp³-hybridized carbons (Fsp3) is 0.421. The van der Waals surface area contributed by atoms with E-state index in [1.54, 1.807) is 24.3 Å². The number of rotatable bonds is 6. The van der Waals surface area contributed by atoms with Gasteiger partial charge in [0.1, 0.15) is 18.5 Å². The van der Waals surface area contributed by atoms with Crippen molar-refractivity contribution in [2.24, 2.45) is 11.8 Å². The van der Waals surface area contributed by atoms with Crippen LogP contribution in [0.1, 0.15) is 30.1 Å². The number of aliphatic hydroxyl groups excluding tert-OH is 1. The summed E-state index contributed by atoms with van der Waals surface area (Å²) in [6.45, 7) is 1.39. The first-order valence-electron chi connectivity index (χ1n) is 8.39. The second-order valence-electron chi connectivity index (χ2n) is 6.49. The number of imide groups is 1. The van der Waals surface area contributed by atoms with E-state index in [2.05, 4.69) is 0 Å². The Morgan fingerprint density at radius 1 is 1.16 bits per heavy atom. The van der Waals surface area contributed by atoms with Gasteiger partial charge in [0.05, 0.1) is 18.4 Å². The molecule has 2 amide bonds. The van der Waals surface area contributed by atoms with E-state index in [9.17, 15) is 19.5 Å². The quantitative estimate of drug-likeness (QED) is 0.482. The van der Waals surface area contributed by atoms with Gasteiger partial charge in [-0.2, -0.15) is 0 Å². The van der Waals surface area contributed by atoms with Crippen LogP contribution < -0.4 is 4.74 Å². The molecule has 1 heterocycles. The zero-order chi connectivity index (χ0) is 18.0. The lowest BCUT2D eigenvalue weighted by Crippen LogP contribution is -2.40. The zero-order valence-electron chi connectivity index (χ0n) is 14.1. The maximum atomic E-state index is 12.3. The van der Waals surface area contributed by atoms with Crippen LogP contribution in [0.2, 0.25) is 0 Å². The van der Waals surface area contributed by atoms with Gasteiger partial charge in [0.25, 0.3) is 0 Å². The van der Waals surface area contributed by atoms with Crippen molar-refractivity contribution in [3.05, 3.63) is 42.0 Å². The molecule has 1 N–H and O–H groups in total. The van der Waals surface area contributed by atoms with Crippen LogP contribution in [0.4, 0.5) is 0 Å². The summed E-state index contributed by atoms with van der Waals surface area (Å²) in [6.07, 6.45) is 4.07. The molecular formula is C19H21NO5. The number of ether oxygens (including phenoxy) is 1. The number of allylic oxidation sites excluding steroid dienone is 2. The number of carbonyl (C=O) groups is 3. The minimum Gasteiger partial charge on any atom is -0.491 e. The topological polar surface area (TPSA) is 83.9 Å². The number of benzene rings is 1. The van der Waals surface area contributed by atoms with Gasteiger partial charge in [0.15, 0.2) is 5.78 Å². The average Bonchev–Trinajstić information content (AvgIpc) is 2.86. The number of aliphatic hydroxyl groups is 1. The third-order valence-electron chi connectivity index (χ3n) is 4.70. The van der Waals surface area contributed by atoms with E-state index in [0.29, 0.717) is 24.2 Å². The Morgan fingerprint density at radius 2 is 1.72 bits per heavy atom. The Morgan fingerprint density at radius 3 is 2.24 bits per heavy atom. The van der Waals surface area contributed by atoms with Crippen molar-refractivity contribution in [2.45, 2.75) is 25.9 Å². The molecule has 132 valence electrons. The second kappa shape index (κ2) is 7.19. The molecule has 0 aromatic heterocycles. The van der Waals surface area contributed by atoms with Crippen molar-refractivity contribution in [1.82, 2.24) is 4.90 Å². The lowest BCUT2D eigenvalue weighted by Gasteiger charge is -2.19. The largest absolute Gasteiger partial charge is 0.491 e. The standard InChI is InChI=1S/C19H21NO5/c1-12(21)13-6-8-15(9-7-13)25-11-14(22)10-20-18(23)16-4-2-3-5-17(16)19(20)24/h2-3,6-9,14,16-17,22H,4-5,10-11H2,1H3. The molecule has 0 saturated carbocycles. The molecule has 6 heteroatoms. The Kier molecular flexibility index (Phi) is 4.99. The third-order valence-corrected chi connectivity index (χ3v) is 4.70. The van der Waals surface area contributed by atoms with Gasteiger partial charge in [0.2, 0.25) is 11.8 Å². The summed E-state index contributed by atoms with van der Waals surface area (Å²) in [5.41, 5.74) is 0.581. The van der Waals surface area contributed by atoms with Crippen molar-refractivity contribution in [3.63, 3.8) is 0 Å². The molecule has 2 aliphatic rings. The van der Waals surface area contributed by atoms with E-state index in [4.69, 9.17) is 4.74 Å². The van der Waals surface area contributed by atoms with Gasteiger partial charge in [-0.05, 0) is 44.0 Å². The number of hydrogen-bond donors (Lipinski definition) is 1. The molecule has 0 bridgehead atoms. The summed E-state index contributed by atoms with van der Waals surface area (Å²) in [5.74, 6) is -0.502. The van der Waals surface area contributed by atoms with E-state index in [1.165, 1.54) is 6.92 Å². The monoisotopic (exact) mass is 343 g/mol. The van der Waals surface area contributed by atoms with Crippen LogP contribution >= 0.6 is 0 Å². The smallest absolute Gasteiger partial charge is 0.233 e. The molecule has 1 aliphatic heterocycles. The summed E-state index contributed by atoms with van der Waals surface area (Å²) in [6, 6.07) is 6.59. The number of carbonyl (C=O) groups excluding carboxylic acids is 3. The SMILES string of the molecule is CC(=O)c1ccc(OCC(O)CN2C(=O)C3CC=CCC3C2=O)cc1. The Bertz CT molecular complexity index is 683. The van der Waals surface area contributed by atoms with Gasteiger partial charge in [-0.1, -0.05) is 12.2 Å². The number of β-amino-alcohol motifs (C(OH)–C–C–N with tert-alkyl or cyclic N) is 1.